The minimum Gasteiger partial charge on any atom is -0.310 e. The number of anilines is 1. The second kappa shape index (κ2) is 4.75. The predicted octanol–water partition coefficient (Wildman–Crippen LogP) is 2.97. The van der Waals surface area contributed by atoms with Crippen LogP contribution in [0.25, 0.3) is 0 Å². The number of amides is 1. The fourth-order valence-corrected chi connectivity index (χ4v) is 2.10. The van der Waals surface area contributed by atoms with E-state index in [1.165, 1.54) is 12.8 Å². The highest BCUT2D eigenvalue weighted by Gasteiger charge is 2.22. The third kappa shape index (κ3) is 2.78. The molecule has 1 aliphatic rings. The Labute approximate surface area is 97.4 Å². The molecule has 3 nitrogen and oxygen atoms in total. The minimum atomic E-state index is 0.113. The van der Waals surface area contributed by atoms with Crippen molar-refractivity contribution in [3.63, 3.8) is 0 Å². The van der Waals surface area contributed by atoms with Gasteiger partial charge < -0.3 is 5.32 Å². The summed E-state index contributed by atoms with van der Waals surface area (Å²) in [5, 5.41) is 2.84. The summed E-state index contributed by atoms with van der Waals surface area (Å²) in [7, 11) is 0. The third-order valence-electron chi connectivity index (χ3n) is 2.70. The summed E-state index contributed by atoms with van der Waals surface area (Å²) < 4.78 is 0.918. The van der Waals surface area contributed by atoms with Gasteiger partial charge in [0.25, 0.3) is 0 Å². The second-order valence-electron chi connectivity index (χ2n) is 3.83. The first-order chi connectivity index (χ1) is 7.25. The van der Waals surface area contributed by atoms with Gasteiger partial charge in [0.2, 0.25) is 5.91 Å². The molecule has 0 bridgehead atoms. The lowest BCUT2D eigenvalue weighted by Gasteiger charge is -2.09. The Morgan fingerprint density at radius 1 is 1.40 bits per heavy atom. The lowest BCUT2D eigenvalue weighted by Crippen LogP contribution is -2.20. The number of carbonyl (C=O) groups is 1. The van der Waals surface area contributed by atoms with Gasteiger partial charge in [0.15, 0.2) is 0 Å². The summed E-state index contributed by atoms with van der Waals surface area (Å²) in [6, 6.07) is 3.67. The summed E-state index contributed by atoms with van der Waals surface area (Å²) in [5.41, 5.74) is 0. The first-order valence-corrected chi connectivity index (χ1v) is 5.97. The largest absolute Gasteiger partial charge is 0.310 e. The molecule has 1 aliphatic carbocycles. The molecule has 0 radical (unpaired) electrons. The van der Waals surface area contributed by atoms with Crippen LogP contribution in [0, 0.1) is 5.92 Å². The van der Waals surface area contributed by atoms with Crippen LogP contribution in [0.15, 0.2) is 22.8 Å². The SMILES string of the molecule is O=C(Nc1ccc(Br)cn1)C1CCCC1. The van der Waals surface area contributed by atoms with Gasteiger partial charge in [-0.05, 0) is 40.9 Å². The van der Waals surface area contributed by atoms with Crippen LogP contribution >= 0.6 is 15.9 Å². The maximum absolute atomic E-state index is 11.7. The van der Waals surface area contributed by atoms with E-state index in [1.54, 1.807) is 12.3 Å². The van der Waals surface area contributed by atoms with Crippen molar-refractivity contribution in [2.45, 2.75) is 25.7 Å². The van der Waals surface area contributed by atoms with Gasteiger partial charge in [-0.25, -0.2) is 4.98 Å². The standard InChI is InChI=1S/C11H13BrN2O/c12-9-5-6-10(13-7-9)14-11(15)8-3-1-2-4-8/h5-8H,1-4H2,(H,13,14,15). The van der Waals surface area contributed by atoms with Crippen molar-refractivity contribution in [2.24, 2.45) is 5.92 Å². The number of rotatable bonds is 2. The molecule has 1 saturated carbocycles. The highest BCUT2D eigenvalue weighted by Crippen LogP contribution is 2.25. The van der Waals surface area contributed by atoms with Gasteiger partial charge in [0, 0.05) is 16.6 Å². The number of pyridine rings is 1. The monoisotopic (exact) mass is 268 g/mol. The van der Waals surface area contributed by atoms with E-state index in [4.69, 9.17) is 0 Å². The van der Waals surface area contributed by atoms with Crippen molar-refractivity contribution in [3.05, 3.63) is 22.8 Å². The average Bonchev–Trinajstić information content (AvgIpc) is 2.74. The number of aromatic nitrogens is 1. The van der Waals surface area contributed by atoms with Crippen molar-refractivity contribution in [3.8, 4) is 0 Å². The number of carbonyl (C=O) groups excluding carboxylic acids is 1. The maximum atomic E-state index is 11.7. The number of hydrogen-bond donors (Lipinski definition) is 1. The van der Waals surface area contributed by atoms with Crippen molar-refractivity contribution < 1.29 is 4.79 Å². The van der Waals surface area contributed by atoms with Gasteiger partial charge in [-0.15, -0.1) is 0 Å². The Morgan fingerprint density at radius 3 is 2.73 bits per heavy atom. The number of hydrogen-bond acceptors (Lipinski definition) is 2. The van der Waals surface area contributed by atoms with Crippen LogP contribution in [-0.2, 0) is 4.79 Å². The van der Waals surface area contributed by atoms with E-state index in [2.05, 4.69) is 26.2 Å². The summed E-state index contributed by atoms with van der Waals surface area (Å²) in [4.78, 5) is 15.8. The summed E-state index contributed by atoms with van der Waals surface area (Å²) in [6.07, 6.45) is 6.06. The molecule has 0 atom stereocenters. The first-order valence-electron chi connectivity index (χ1n) is 5.18. The number of nitrogens with zero attached hydrogens (tertiary/aromatic N) is 1. The smallest absolute Gasteiger partial charge is 0.228 e. The third-order valence-corrected chi connectivity index (χ3v) is 3.17. The van der Waals surface area contributed by atoms with E-state index in [0.717, 1.165) is 17.3 Å². The van der Waals surface area contributed by atoms with Gasteiger partial charge >= 0.3 is 0 Å². The van der Waals surface area contributed by atoms with Crippen LogP contribution in [-0.4, -0.2) is 10.9 Å². The van der Waals surface area contributed by atoms with E-state index in [-0.39, 0.29) is 11.8 Å². The van der Waals surface area contributed by atoms with Gasteiger partial charge in [-0.1, -0.05) is 12.8 Å². The topological polar surface area (TPSA) is 42.0 Å². The summed E-state index contributed by atoms with van der Waals surface area (Å²) >= 11 is 3.30. The zero-order valence-corrected chi connectivity index (χ0v) is 9.96. The van der Waals surface area contributed by atoms with Crippen molar-refractivity contribution in [1.29, 1.82) is 0 Å². The Bertz CT molecular complexity index is 344. The molecule has 1 amide bonds. The Hall–Kier alpha value is -0.900. The van der Waals surface area contributed by atoms with Crippen molar-refractivity contribution in [2.75, 3.05) is 5.32 Å². The minimum absolute atomic E-state index is 0.113. The zero-order chi connectivity index (χ0) is 10.7. The fourth-order valence-electron chi connectivity index (χ4n) is 1.87. The number of halogens is 1. The van der Waals surface area contributed by atoms with Crippen LogP contribution in [0.5, 0.6) is 0 Å². The van der Waals surface area contributed by atoms with E-state index >= 15 is 0 Å². The molecule has 0 aromatic carbocycles. The molecule has 1 fully saturated rings. The van der Waals surface area contributed by atoms with Crippen LogP contribution < -0.4 is 5.32 Å². The van der Waals surface area contributed by atoms with Crippen LogP contribution in [0.1, 0.15) is 25.7 Å². The Morgan fingerprint density at radius 2 is 2.13 bits per heavy atom. The van der Waals surface area contributed by atoms with E-state index in [0.29, 0.717) is 5.82 Å². The highest BCUT2D eigenvalue weighted by molar-refractivity contribution is 9.10. The van der Waals surface area contributed by atoms with Gasteiger partial charge in [0.1, 0.15) is 5.82 Å². The zero-order valence-electron chi connectivity index (χ0n) is 8.37. The van der Waals surface area contributed by atoms with E-state index in [9.17, 15) is 4.79 Å². The molecule has 4 heteroatoms. The maximum Gasteiger partial charge on any atom is 0.228 e. The molecule has 1 aromatic heterocycles. The molecule has 0 unspecified atom stereocenters. The molecule has 0 spiro atoms. The van der Waals surface area contributed by atoms with Gasteiger partial charge in [0.05, 0.1) is 0 Å². The molecule has 0 aliphatic heterocycles. The second-order valence-corrected chi connectivity index (χ2v) is 4.75. The van der Waals surface area contributed by atoms with Gasteiger partial charge in [-0.2, -0.15) is 0 Å². The van der Waals surface area contributed by atoms with Crippen molar-refractivity contribution >= 4 is 27.7 Å². The first kappa shape index (κ1) is 10.6. The van der Waals surface area contributed by atoms with Crippen molar-refractivity contribution in [1.82, 2.24) is 4.98 Å². The lowest BCUT2D eigenvalue weighted by molar-refractivity contribution is -0.119. The fraction of sp³-hybridized carbons (Fsp3) is 0.455. The van der Waals surface area contributed by atoms with Crippen LogP contribution in [0.4, 0.5) is 5.82 Å². The molecular weight excluding hydrogens is 256 g/mol. The van der Waals surface area contributed by atoms with E-state index in [1.807, 2.05) is 6.07 Å². The summed E-state index contributed by atoms with van der Waals surface area (Å²) in [5.74, 6) is 0.938. The molecule has 80 valence electrons. The predicted molar refractivity (Wildman–Crippen MR) is 62.5 cm³/mol. The normalized spacial score (nSPS) is 16.6. The molecule has 2 rings (SSSR count). The summed E-state index contributed by atoms with van der Waals surface area (Å²) in [6.45, 7) is 0. The van der Waals surface area contributed by atoms with E-state index < -0.39 is 0 Å². The van der Waals surface area contributed by atoms with Gasteiger partial charge in [-0.3, -0.25) is 4.79 Å². The highest BCUT2D eigenvalue weighted by atomic mass is 79.9. The quantitative estimate of drug-likeness (QED) is 0.896. The molecule has 1 aromatic rings. The molecule has 1 heterocycles. The van der Waals surface area contributed by atoms with Crippen LogP contribution in [0.2, 0.25) is 0 Å². The molecule has 15 heavy (non-hydrogen) atoms. The molecule has 1 N–H and O–H groups in total. The van der Waals surface area contributed by atoms with Crippen LogP contribution in [0.3, 0.4) is 0 Å². The lowest BCUT2D eigenvalue weighted by atomic mass is 10.1. The Balaban J connectivity index is 1.96. The molecule has 0 saturated heterocycles. The number of nitrogens with one attached hydrogen (secondary N) is 1. The molecular formula is C11H13BrN2O. The average molecular weight is 269 g/mol. The Kier molecular flexibility index (Phi) is 3.36.